The molecule has 0 aromatic carbocycles. The molecule has 0 nitrogen and oxygen atoms in total. The van der Waals surface area contributed by atoms with Gasteiger partial charge in [0.2, 0.25) is 0 Å². The predicted octanol–water partition coefficient (Wildman–Crippen LogP) is 24.4. The Labute approximate surface area is 440 Å². The van der Waals surface area contributed by atoms with Crippen LogP contribution < -0.4 is 0 Å². The SMILES string of the molecule is C1CC2CC(C1)C2.C1CC2CCC(C1)C2.C1CC2CCC(C1)C2.C1CC2CCC1CC2.CC(C)(C)CC1C2CCCC1CCC2.CCC(C)(C)C.CCC(C)(C)C.CCC(C)(C)C.CCC(C)(C)C. The number of rotatable bonds is 1. The average molecular weight is 966 g/mol. The monoisotopic (exact) mass is 965 g/mol. The predicted molar refractivity (Wildman–Crippen MR) is 315 cm³/mol. The highest BCUT2D eigenvalue weighted by atomic mass is 14.4. The summed E-state index contributed by atoms with van der Waals surface area (Å²) in [5.74, 6) is 12.6. The molecule has 12 saturated carbocycles. The zero-order valence-electron chi connectivity index (χ0n) is 51.9. The van der Waals surface area contributed by atoms with Crippen molar-refractivity contribution in [2.24, 2.45) is 92.2 Å². The van der Waals surface area contributed by atoms with Crippen LogP contribution in [0.3, 0.4) is 0 Å². The molecule has 0 aliphatic heterocycles. The summed E-state index contributed by atoms with van der Waals surface area (Å²) < 4.78 is 0. The van der Waals surface area contributed by atoms with Gasteiger partial charge in [0.15, 0.2) is 0 Å². The molecule has 0 heteroatoms. The van der Waals surface area contributed by atoms with E-state index in [4.69, 9.17) is 0 Å². The Balaban J connectivity index is 0.000000271. The van der Waals surface area contributed by atoms with Crippen LogP contribution in [0, 0.1) is 92.2 Å². The van der Waals surface area contributed by atoms with E-state index < -0.39 is 0 Å². The summed E-state index contributed by atoms with van der Waals surface area (Å²) in [5.41, 5.74) is 2.72. The maximum absolute atomic E-state index is 2.41. The molecule has 12 aliphatic rings. The Kier molecular flexibility index (Phi) is 30.6. The molecule has 12 rings (SSSR count). The van der Waals surface area contributed by atoms with Crippen molar-refractivity contribution in [2.75, 3.05) is 0 Å². The van der Waals surface area contributed by atoms with E-state index in [9.17, 15) is 0 Å². The summed E-state index contributed by atoms with van der Waals surface area (Å²) in [7, 11) is 0. The molecule has 4 unspecified atom stereocenters. The maximum atomic E-state index is 2.41. The summed E-state index contributed by atoms with van der Waals surface area (Å²) in [6.45, 7) is 43.0. The molecule has 0 radical (unpaired) electrons. The Hall–Kier alpha value is 0. The molecule has 0 aromatic rings. The highest BCUT2D eigenvalue weighted by Gasteiger charge is 2.38. The maximum Gasteiger partial charge on any atom is -0.0352 e. The van der Waals surface area contributed by atoms with Crippen LogP contribution in [-0.2, 0) is 0 Å². The van der Waals surface area contributed by atoms with Gasteiger partial charge < -0.3 is 0 Å². The van der Waals surface area contributed by atoms with Crippen LogP contribution in [0.2, 0.25) is 0 Å². The van der Waals surface area contributed by atoms with Crippen molar-refractivity contribution >= 4 is 0 Å². The van der Waals surface area contributed by atoms with Gasteiger partial charge in [-0.2, -0.15) is 0 Å². The normalized spacial score (nSPS) is 32.5. The van der Waals surface area contributed by atoms with Crippen LogP contribution in [0.1, 0.15) is 350 Å². The van der Waals surface area contributed by atoms with Crippen molar-refractivity contribution in [1.82, 2.24) is 0 Å². The Morgan fingerprint density at radius 2 is 0.420 bits per heavy atom. The molecule has 12 fully saturated rings. The minimum Gasteiger partial charge on any atom is -0.0649 e. The first-order chi connectivity index (χ1) is 32.1. The van der Waals surface area contributed by atoms with Gasteiger partial charge in [0.25, 0.3) is 0 Å². The molecule has 0 aromatic heterocycles. The lowest BCUT2D eigenvalue weighted by atomic mass is 9.61. The van der Waals surface area contributed by atoms with E-state index >= 15 is 0 Å². The van der Waals surface area contributed by atoms with E-state index in [0.29, 0.717) is 27.1 Å². The van der Waals surface area contributed by atoms with Gasteiger partial charge in [-0.25, -0.2) is 0 Å². The fourth-order valence-corrected chi connectivity index (χ4v) is 13.0. The van der Waals surface area contributed by atoms with Gasteiger partial charge in [-0.15, -0.1) is 0 Å². The first-order valence-corrected chi connectivity index (χ1v) is 32.1. The number of hydrogen-bond acceptors (Lipinski definition) is 0. The molecule has 0 N–H and O–H groups in total. The highest BCUT2D eigenvalue weighted by molar-refractivity contribution is 4.89. The number of hydrogen-bond donors (Lipinski definition) is 0. The molecule has 12 aliphatic carbocycles. The minimum absolute atomic E-state index is 0.542. The van der Waals surface area contributed by atoms with Crippen molar-refractivity contribution in [2.45, 2.75) is 350 Å². The molecule has 412 valence electrons. The second-order valence-corrected chi connectivity index (χ2v) is 32.0. The van der Waals surface area contributed by atoms with Gasteiger partial charge in [-0.1, -0.05) is 318 Å². The van der Waals surface area contributed by atoms with Crippen molar-refractivity contribution in [3.8, 4) is 0 Å². The van der Waals surface area contributed by atoms with Gasteiger partial charge in [-0.05, 0) is 124 Å². The molecular weight excluding hydrogens is 829 g/mol. The zero-order chi connectivity index (χ0) is 51.9. The van der Waals surface area contributed by atoms with Crippen molar-refractivity contribution < 1.29 is 0 Å². The second kappa shape index (κ2) is 32.4. The van der Waals surface area contributed by atoms with E-state index in [1.54, 1.807) is 128 Å². The van der Waals surface area contributed by atoms with Crippen LogP contribution in [0.4, 0.5) is 0 Å². The molecule has 10 bridgehead atoms. The van der Waals surface area contributed by atoms with Crippen molar-refractivity contribution in [3.05, 3.63) is 0 Å². The van der Waals surface area contributed by atoms with Crippen LogP contribution in [0.25, 0.3) is 0 Å². The van der Waals surface area contributed by atoms with Crippen molar-refractivity contribution in [3.63, 3.8) is 0 Å². The Morgan fingerprint density at radius 3 is 0.580 bits per heavy atom. The van der Waals surface area contributed by atoms with Gasteiger partial charge in [-0.3, -0.25) is 0 Å². The first-order valence-electron chi connectivity index (χ1n) is 32.1. The minimum atomic E-state index is 0.542. The standard InChI is InChI=1S/C14H26.3C8H14.C7H12.4C6H14/c1-14(2,3)10-13-11-6-4-7-12(13)9-5-8-11;1-2-8-5-3-7(1)4-6-8;2*1-2-7-4-5-8(3-1)6-7;1-2-6-4-7(3-1)5-6;4*1-5-6(2,3)4/h11-13H,4-10H2,1-3H3;3*7-8H,1-6H2;6-7H,1-5H2;4*5H2,1-4H3. The van der Waals surface area contributed by atoms with Gasteiger partial charge in [0.1, 0.15) is 0 Å². The van der Waals surface area contributed by atoms with Crippen LogP contribution >= 0.6 is 0 Å². The summed E-state index contributed by atoms with van der Waals surface area (Å²) in [6, 6.07) is 0. The zero-order valence-corrected chi connectivity index (χ0v) is 51.9. The molecule has 0 saturated heterocycles. The third-order valence-electron chi connectivity index (χ3n) is 19.9. The summed E-state index contributed by atoms with van der Waals surface area (Å²) in [4.78, 5) is 0. The Morgan fingerprint density at radius 1 is 0.232 bits per heavy atom. The van der Waals surface area contributed by atoms with Gasteiger partial charge in [0.05, 0.1) is 0 Å². The smallest absolute Gasteiger partial charge is 0.0352 e. The summed E-state index contributed by atoms with van der Waals surface area (Å²) >= 11 is 0. The highest BCUT2D eigenvalue weighted by Crippen LogP contribution is 2.49. The largest absolute Gasteiger partial charge is 0.0649 e. The van der Waals surface area contributed by atoms with E-state index in [1.807, 2.05) is 0 Å². The topological polar surface area (TPSA) is 0 Å². The molecule has 4 atom stereocenters. The lowest BCUT2D eigenvalue weighted by molar-refractivity contribution is 0.0582. The lowest BCUT2D eigenvalue weighted by Crippen LogP contribution is -2.34. The fourth-order valence-electron chi connectivity index (χ4n) is 13.0. The molecule has 0 heterocycles. The van der Waals surface area contributed by atoms with E-state index in [-0.39, 0.29) is 0 Å². The lowest BCUT2D eigenvalue weighted by Gasteiger charge is -2.45. The fraction of sp³-hybridized carbons (Fsp3) is 1.00. The quantitative estimate of drug-likeness (QED) is 0.246. The first kappa shape index (κ1) is 65.1. The van der Waals surface area contributed by atoms with E-state index in [2.05, 4.69) is 132 Å². The van der Waals surface area contributed by atoms with Crippen LogP contribution in [-0.4, -0.2) is 0 Å². The second-order valence-electron chi connectivity index (χ2n) is 32.0. The van der Waals surface area contributed by atoms with E-state index in [0.717, 1.165) is 53.3 Å². The van der Waals surface area contributed by atoms with Crippen molar-refractivity contribution in [1.29, 1.82) is 0 Å². The van der Waals surface area contributed by atoms with E-state index in [1.165, 1.54) is 102 Å². The van der Waals surface area contributed by atoms with Crippen LogP contribution in [0.15, 0.2) is 0 Å². The number of fused-ring (bicyclic) bond motifs is 11. The van der Waals surface area contributed by atoms with Gasteiger partial charge in [0, 0.05) is 0 Å². The third-order valence-corrected chi connectivity index (χ3v) is 19.9. The van der Waals surface area contributed by atoms with Crippen LogP contribution in [0.5, 0.6) is 0 Å². The molecular formula is C69H136. The average Bonchev–Trinajstić information content (AvgIpc) is 3.80. The molecule has 0 spiro atoms. The Bertz CT molecular complexity index is 1030. The molecule has 0 amide bonds. The molecule has 69 heavy (non-hydrogen) atoms. The summed E-state index contributed by atoms with van der Waals surface area (Å²) in [5, 5.41) is 0. The van der Waals surface area contributed by atoms with Gasteiger partial charge >= 0.3 is 0 Å². The summed E-state index contributed by atoms with van der Waals surface area (Å²) in [6.07, 6.45) is 51.6. The third kappa shape index (κ3) is 32.1.